The third-order valence-corrected chi connectivity index (χ3v) is 4.78. The van der Waals surface area contributed by atoms with E-state index in [0.29, 0.717) is 5.69 Å². The summed E-state index contributed by atoms with van der Waals surface area (Å²) < 4.78 is 25.8. The highest BCUT2D eigenvalue weighted by Gasteiger charge is 2.18. The fourth-order valence-electron chi connectivity index (χ4n) is 2.04. The molecule has 1 atom stereocenters. The van der Waals surface area contributed by atoms with E-state index in [-0.39, 0.29) is 24.0 Å². The summed E-state index contributed by atoms with van der Waals surface area (Å²) in [6.07, 6.45) is 1.76. The maximum atomic E-state index is 12.0. The second kappa shape index (κ2) is 5.30. The molecule has 2 rings (SSSR count). The number of aliphatic hydroxyl groups is 1. The quantitative estimate of drug-likeness (QED) is 0.894. The van der Waals surface area contributed by atoms with E-state index < -0.39 is 9.84 Å². The summed E-state index contributed by atoms with van der Waals surface area (Å²) in [5.41, 5.74) is 2.30. The van der Waals surface area contributed by atoms with E-state index in [0.717, 1.165) is 11.3 Å². The van der Waals surface area contributed by atoms with Gasteiger partial charge >= 0.3 is 0 Å². The summed E-state index contributed by atoms with van der Waals surface area (Å²) in [6, 6.07) is 5.68. The molecular weight excluding hydrogens is 264 g/mol. The van der Waals surface area contributed by atoms with Crippen molar-refractivity contribution in [2.45, 2.75) is 19.6 Å². The van der Waals surface area contributed by atoms with E-state index in [9.17, 15) is 8.42 Å². The molecule has 0 aliphatic rings. The largest absolute Gasteiger partial charge is 0.396 e. The second-order valence-electron chi connectivity index (χ2n) is 4.97. The molecule has 0 aromatic carbocycles. The first-order chi connectivity index (χ1) is 8.91. The van der Waals surface area contributed by atoms with Crippen molar-refractivity contribution in [2.24, 2.45) is 5.92 Å². The predicted octanol–water partition coefficient (Wildman–Crippen LogP) is 1.19. The van der Waals surface area contributed by atoms with Crippen LogP contribution in [0.5, 0.6) is 0 Å². The number of aliphatic hydroxyl groups excluding tert-OH is 1. The molecule has 0 fully saturated rings. The number of aromatic nitrogens is 2. The molecule has 6 heteroatoms. The van der Waals surface area contributed by atoms with Crippen LogP contribution >= 0.6 is 0 Å². The van der Waals surface area contributed by atoms with Crippen LogP contribution in [0.25, 0.3) is 5.65 Å². The van der Waals surface area contributed by atoms with Gasteiger partial charge in [-0.2, -0.15) is 0 Å². The fourth-order valence-corrected chi connectivity index (χ4v) is 3.72. The molecule has 0 spiro atoms. The lowest BCUT2D eigenvalue weighted by molar-refractivity contribution is 0.249. The summed E-state index contributed by atoms with van der Waals surface area (Å²) in [6.45, 7) is 3.54. The Bertz CT molecular complexity index is 676. The highest BCUT2D eigenvalue weighted by molar-refractivity contribution is 7.90. The van der Waals surface area contributed by atoms with E-state index in [1.165, 1.54) is 0 Å². The number of pyridine rings is 1. The van der Waals surface area contributed by atoms with Gasteiger partial charge in [-0.15, -0.1) is 0 Å². The SMILES string of the molecule is Cc1cccc2nc(CS(=O)(=O)CC(C)CO)cn12. The molecule has 0 aliphatic carbocycles. The molecular formula is C13H18N2O3S. The normalized spacial score (nSPS) is 13.8. The minimum Gasteiger partial charge on any atom is -0.396 e. The molecule has 0 radical (unpaired) electrons. The number of fused-ring (bicyclic) bond motifs is 1. The van der Waals surface area contributed by atoms with Gasteiger partial charge in [0, 0.05) is 18.5 Å². The van der Waals surface area contributed by atoms with E-state index in [4.69, 9.17) is 5.11 Å². The summed E-state index contributed by atoms with van der Waals surface area (Å²) in [7, 11) is -3.24. The molecule has 0 amide bonds. The van der Waals surface area contributed by atoms with Gasteiger partial charge in [-0.05, 0) is 25.0 Å². The second-order valence-corrected chi connectivity index (χ2v) is 7.08. The lowest BCUT2D eigenvalue weighted by Gasteiger charge is -2.07. The van der Waals surface area contributed by atoms with Crippen LogP contribution in [0.1, 0.15) is 18.3 Å². The predicted molar refractivity (Wildman–Crippen MR) is 73.7 cm³/mol. The van der Waals surface area contributed by atoms with Crippen LogP contribution in [0, 0.1) is 12.8 Å². The lowest BCUT2D eigenvalue weighted by Crippen LogP contribution is -2.18. The number of hydrogen-bond acceptors (Lipinski definition) is 4. The van der Waals surface area contributed by atoms with Crippen molar-refractivity contribution in [1.82, 2.24) is 9.38 Å². The standard InChI is InChI=1S/C13H18N2O3S/c1-10(7-16)8-19(17,18)9-12-6-15-11(2)4-3-5-13(15)14-12/h3-6,10,16H,7-9H2,1-2H3. The Balaban J connectivity index is 2.24. The highest BCUT2D eigenvalue weighted by atomic mass is 32.2. The number of aryl methyl sites for hydroxylation is 1. The van der Waals surface area contributed by atoms with Gasteiger partial charge in [0.15, 0.2) is 9.84 Å². The Morgan fingerprint density at radius 3 is 2.79 bits per heavy atom. The Kier molecular flexibility index (Phi) is 3.91. The third kappa shape index (κ3) is 3.33. The van der Waals surface area contributed by atoms with Gasteiger partial charge in [-0.25, -0.2) is 13.4 Å². The Labute approximate surface area is 112 Å². The number of nitrogens with zero attached hydrogens (tertiary/aromatic N) is 2. The minimum atomic E-state index is -3.24. The molecule has 0 aliphatic heterocycles. The Hall–Kier alpha value is -1.40. The van der Waals surface area contributed by atoms with E-state index in [2.05, 4.69) is 4.98 Å². The van der Waals surface area contributed by atoms with Gasteiger partial charge < -0.3 is 9.51 Å². The third-order valence-electron chi connectivity index (χ3n) is 2.96. The van der Waals surface area contributed by atoms with Gasteiger partial charge in [0.2, 0.25) is 0 Å². The molecule has 1 N–H and O–H groups in total. The summed E-state index contributed by atoms with van der Waals surface area (Å²) in [5.74, 6) is -0.349. The molecule has 0 bridgehead atoms. The van der Waals surface area contributed by atoms with Crippen molar-refractivity contribution in [1.29, 1.82) is 0 Å². The van der Waals surface area contributed by atoms with E-state index >= 15 is 0 Å². The zero-order valence-corrected chi connectivity index (χ0v) is 11.9. The zero-order chi connectivity index (χ0) is 14.0. The average molecular weight is 282 g/mol. The molecule has 5 nitrogen and oxygen atoms in total. The highest BCUT2D eigenvalue weighted by Crippen LogP contribution is 2.12. The number of sulfone groups is 1. The van der Waals surface area contributed by atoms with Crippen molar-refractivity contribution in [3.8, 4) is 0 Å². The fraction of sp³-hybridized carbons (Fsp3) is 0.462. The van der Waals surface area contributed by atoms with Crippen LogP contribution in [-0.2, 0) is 15.6 Å². The molecule has 1 unspecified atom stereocenters. The van der Waals surface area contributed by atoms with Crippen LogP contribution in [0.15, 0.2) is 24.4 Å². The number of hydrogen-bond donors (Lipinski definition) is 1. The number of rotatable bonds is 5. The van der Waals surface area contributed by atoms with Crippen LogP contribution < -0.4 is 0 Å². The minimum absolute atomic E-state index is 0.0175. The first-order valence-electron chi connectivity index (χ1n) is 6.16. The van der Waals surface area contributed by atoms with Crippen molar-refractivity contribution in [3.05, 3.63) is 35.8 Å². The lowest BCUT2D eigenvalue weighted by atomic mass is 10.2. The van der Waals surface area contributed by atoms with Crippen LogP contribution in [0.3, 0.4) is 0 Å². The molecule has 0 saturated heterocycles. The van der Waals surface area contributed by atoms with Gasteiger partial charge in [-0.3, -0.25) is 0 Å². The molecule has 0 saturated carbocycles. The number of imidazole rings is 1. The maximum absolute atomic E-state index is 12.0. The molecule has 2 heterocycles. The van der Waals surface area contributed by atoms with Crippen molar-refractivity contribution >= 4 is 15.5 Å². The molecule has 2 aromatic rings. The molecule has 19 heavy (non-hydrogen) atoms. The van der Waals surface area contributed by atoms with Crippen molar-refractivity contribution in [3.63, 3.8) is 0 Å². The Morgan fingerprint density at radius 2 is 2.16 bits per heavy atom. The van der Waals surface area contributed by atoms with Gasteiger partial charge in [-0.1, -0.05) is 13.0 Å². The van der Waals surface area contributed by atoms with Crippen molar-refractivity contribution < 1.29 is 13.5 Å². The molecule has 2 aromatic heterocycles. The van der Waals surface area contributed by atoms with E-state index in [1.54, 1.807) is 13.1 Å². The maximum Gasteiger partial charge on any atom is 0.156 e. The summed E-state index contributed by atoms with van der Waals surface area (Å²) in [5, 5.41) is 8.93. The monoisotopic (exact) mass is 282 g/mol. The van der Waals surface area contributed by atoms with Crippen molar-refractivity contribution in [2.75, 3.05) is 12.4 Å². The summed E-state index contributed by atoms with van der Waals surface area (Å²) in [4.78, 5) is 4.31. The average Bonchev–Trinajstić information content (AvgIpc) is 2.71. The first kappa shape index (κ1) is 14.0. The van der Waals surface area contributed by atoms with Crippen LogP contribution in [0.4, 0.5) is 0 Å². The van der Waals surface area contributed by atoms with E-state index in [1.807, 2.05) is 29.5 Å². The van der Waals surface area contributed by atoms with Gasteiger partial charge in [0.25, 0.3) is 0 Å². The van der Waals surface area contributed by atoms with Crippen LogP contribution in [-0.4, -0.2) is 35.3 Å². The Morgan fingerprint density at radius 1 is 1.42 bits per heavy atom. The smallest absolute Gasteiger partial charge is 0.156 e. The molecule has 104 valence electrons. The first-order valence-corrected chi connectivity index (χ1v) is 7.98. The zero-order valence-electron chi connectivity index (χ0n) is 11.1. The van der Waals surface area contributed by atoms with Gasteiger partial charge in [0.05, 0.1) is 17.2 Å². The summed E-state index contributed by atoms with van der Waals surface area (Å²) >= 11 is 0. The van der Waals surface area contributed by atoms with Gasteiger partial charge in [0.1, 0.15) is 5.65 Å². The topological polar surface area (TPSA) is 71.7 Å². The van der Waals surface area contributed by atoms with Crippen LogP contribution in [0.2, 0.25) is 0 Å².